The summed E-state index contributed by atoms with van der Waals surface area (Å²) < 4.78 is 24.6. The van der Waals surface area contributed by atoms with Crippen molar-refractivity contribution in [3.8, 4) is 5.75 Å². The Morgan fingerprint density at radius 2 is 2.06 bits per heavy atom. The lowest BCUT2D eigenvalue weighted by atomic mass is 10.1. The number of nitro groups is 1. The summed E-state index contributed by atoms with van der Waals surface area (Å²) in [5.74, 6) is -0.515. The lowest BCUT2D eigenvalue weighted by molar-refractivity contribution is -0.385. The molecule has 3 N–H and O–H groups in total. The van der Waals surface area contributed by atoms with Gasteiger partial charge < -0.3 is 10.8 Å². The molecule has 0 aromatic heterocycles. The molecule has 0 aliphatic carbocycles. The predicted molar refractivity (Wildman–Crippen MR) is 55.4 cm³/mol. The van der Waals surface area contributed by atoms with Crippen molar-refractivity contribution in [2.75, 3.05) is 0 Å². The first-order valence-corrected chi connectivity index (χ1v) is 4.84. The van der Waals surface area contributed by atoms with Gasteiger partial charge in [-0.15, -0.1) is 0 Å². The van der Waals surface area contributed by atoms with Gasteiger partial charge in [0, 0.05) is 17.7 Å². The Hall–Kier alpha value is -1.28. The average molecular weight is 297 g/mol. The van der Waals surface area contributed by atoms with Gasteiger partial charge in [0.25, 0.3) is 12.1 Å². The fourth-order valence-electron chi connectivity index (χ4n) is 1.10. The zero-order chi connectivity index (χ0) is 12.5. The van der Waals surface area contributed by atoms with E-state index in [-0.39, 0.29) is 10.0 Å². The first-order chi connectivity index (χ1) is 7.34. The quantitative estimate of drug-likeness (QED) is 0.662. The first-order valence-electron chi connectivity index (χ1n) is 4.05. The number of halogens is 3. The SMILES string of the molecule is N[C@@H](c1cc([N+](=O)[O-])cc(Br)c1O)C(F)F. The monoisotopic (exact) mass is 296 g/mol. The zero-order valence-corrected chi connectivity index (χ0v) is 9.32. The third kappa shape index (κ3) is 2.45. The summed E-state index contributed by atoms with van der Waals surface area (Å²) in [6.45, 7) is 0. The molecule has 16 heavy (non-hydrogen) atoms. The van der Waals surface area contributed by atoms with Crippen LogP contribution in [-0.4, -0.2) is 16.5 Å². The second kappa shape index (κ2) is 4.71. The second-order valence-electron chi connectivity index (χ2n) is 2.98. The van der Waals surface area contributed by atoms with Crippen LogP contribution in [0.4, 0.5) is 14.5 Å². The molecule has 5 nitrogen and oxygen atoms in total. The highest BCUT2D eigenvalue weighted by molar-refractivity contribution is 9.10. The van der Waals surface area contributed by atoms with Crippen LogP contribution in [0.1, 0.15) is 11.6 Å². The molecular formula is C8H7BrF2N2O3. The topological polar surface area (TPSA) is 89.4 Å². The molecule has 0 aliphatic heterocycles. The number of phenolic OH excluding ortho intramolecular Hbond substituents is 1. The normalized spacial score (nSPS) is 12.8. The lowest BCUT2D eigenvalue weighted by Crippen LogP contribution is -2.19. The number of hydrogen-bond acceptors (Lipinski definition) is 4. The van der Waals surface area contributed by atoms with Crippen LogP contribution in [0, 0.1) is 10.1 Å². The average Bonchev–Trinajstić information content (AvgIpc) is 2.20. The standard InChI is InChI=1S/C8H7BrF2N2O3/c9-5-2-3(13(15)16)1-4(7(5)14)6(12)8(10)11/h1-2,6,8,14H,12H2/t6-/m0/s1. The Morgan fingerprint density at radius 1 is 1.50 bits per heavy atom. The number of rotatable bonds is 3. The third-order valence-corrected chi connectivity index (χ3v) is 2.52. The fraction of sp³-hybridized carbons (Fsp3) is 0.250. The van der Waals surface area contributed by atoms with Gasteiger partial charge in [-0.25, -0.2) is 8.78 Å². The summed E-state index contributed by atoms with van der Waals surface area (Å²) >= 11 is 2.83. The Kier molecular flexibility index (Phi) is 3.76. The smallest absolute Gasteiger partial charge is 0.271 e. The Balaban J connectivity index is 3.32. The minimum Gasteiger partial charge on any atom is -0.506 e. The van der Waals surface area contributed by atoms with E-state index in [4.69, 9.17) is 5.73 Å². The van der Waals surface area contributed by atoms with Gasteiger partial charge in [-0.2, -0.15) is 0 Å². The van der Waals surface area contributed by atoms with E-state index >= 15 is 0 Å². The van der Waals surface area contributed by atoms with Crippen molar-refractivity contribution in [3.63, 3.8) is 0 Å². The van der Waals surface area contributed by atoms with Gasteiger partial charge in [0.05, 0.1) is 15.4 Å². The number of non-ortho nitro benzene ring substituents is 1. The van der Waals surface area contributed by atoms with Gasteiger partial charge in [-0.05, 0) is 15.9 Å². The molecule has 0 bridgehead atoms. The molecule has 0 spiro atoms. The van der Waals surface area contributed by atoms with Gasteiger partial charge in [-0.1, -0.05) is 0 Å². The molecule has 0 amide bonds. The van der Waals surface area contributed by atoms with E-state index in [9.17, 15) is 24.0 Å². The molecule has 1 aromatic rings. The maximum absolute atomic E-state index is 12.3. The van der Waals surface area contributed by atoms with Crippen LogP contribution in [0.2, 0.25) is 0 Å². The number of benzene rings is 1. The minimum absolute atomic E-state index is 0.0483. The lowest BCUT2D eigenvalue weighted by Gasteiger charge is -2.13. The number of alkyl halides is 2. The molecule has 1 atom stereocenters. The summed E-state index contributed by atoms with van der Waals surface area (Å²) in [5, 5.41) is 19.9. The van der Waals surface area contributed by atoms with E-state index in [2.05, 4.69) is 15.9 Å². The fourth-order valence-corrected chi connectivity index (χ4v) is 1.56. The van der Waals surface area contributed by atoms with Crippen LogP contribution in [-0.2, 0) is 0 Å². The van der Waals surface area contributed by atoms with Crippen LogP contribution in [0.3, 0.4) is 0 Å². The van der Waals surface area contributed by atoms with E-state index < -0.39 is 28.8 Å². The number of nitrogens with zero attached hydrogens (tertiary/aromatic N) is 1. The summed E-state index contributed by atoms with van der Waals surface area (Å²) in [5.41, 5.74) is 4.34. The van der Waals surface area contributed by atoms with Crippen LogP contribution >= 0.6 is 15.9 Å². The summed E-state index contributed by atoms with van der Waals surface area (Å²) in [6.07, 6.45) is -2.92. The first kappa shape index (κ1) is 12.8. The molecule has 1 rings (SSSR count). The van der Waals surface area contributed by atoms with Crippen LogP contribution in [0.5, 0.6) is 5.75 Å². The molecular weight excluding hydrogens is 290 g/mol. The van der Waals surface area contributed by atoms with Gasteiger partial charge >= 0.3 is 0 Å². The van der Waals surface area contributed by atoms with Crippen LogP contribution < -0.4 is 5.73 Å². The molecule has 0 radical (unpaired) electrons. The minimum atomic E-state index is -2.92. The molecule has 1 aromatic carbocycles. The number of hydrogen-bond donors (Lipinski definition) is 2. The van der Waals surface area contributed by atoms with E-state index in [1.807, 2.05) is 0 Å². The van der Waals surface area contributed by atoms with E-state index in [1.54, 1.807) is 0 Å². The molecule has 0 aliphatic rings. The molecule has 8 heteroatoms. The van der Waals surface area contributed by atoms with Crippen molar-refractivity contribution in [2.24, 2.45) is 5.73 Å². The van der Waals surface area contributed by atoms with Crippen molar-refractivity contribution >= 4 is 21.6 Å². The number of aromatic hydroxyl groups is 1. The van der Waals surface area contributed by atoms with E-state index in [0.29, 0.717) is 0 Å². The molecule has 0 saturated heterocycles. The predicted octanol–water partition coefficient (Wildman–Crippen LogP) is 2.33. The number of phenols is 1. The van der Waals surface area contributed by atoms with Crippen molar-refractivity contribution in [3.05, 3.63) is 32.3 Å². The van der Waals surface area contributed by atoms with Gasteiger partial charge in [0.1, 0.15) is 5.75 Å². The molecule has 88 valence electrons. The molecule has 0 heterocycles. The van der Waals surface area contributed by atoms with Gasteiger partial charge in [0.2, 0.25) is 0 Å². The maximum atomic E-state index is 12.3. The van der Waals surface area contributed by atoms with Gasteiger partial charge in [-0.3, -0.25) is 10.1 Å². The second-order valence-corrected chi connectivity index (χ2v) is 3.84. The largest absolute Gasteiger partial charge is 0.506 e. The highest BCUT2D eigenvalue weighted by atomic mass is 79.9. The zero-order valence-electron chi connectivity index (χ0n) is 7.73. The Bertz CT molecular complexity index is 428. The Morgan fingerprint density at radius 3 is 2.50 bits per heavy atom. The highest BCUT2D eigenvalue weighted by Crippen LogP contribution is 2.36. The number of nitrogens with two attached hydrogens (primary N) is 1. The van der Waals surface area contributed by atoms with Crippen LogP contribution in [0.25, 0.3) is 0 Å². The van der Waals surface area contributed by atoms with Crippen molar-refractivity contribution in [1.82, 2.24) is 0 Å². The summed E-state index contributed by atoms with van der Waals surface area (Å²) in [7, 11) is 0. The van der Waals surface area contributed by atoms with Crippen molar-refractivity contribution in [1.29, 1.82) is 0 Å². The van der Waals surface area contributed by atoms with E-state index in [0.717, 1.165) is 12.1 Å². The maximum Gasteiger partial charge on any atom is 0.271 e. The third-order valence-electron chi connectivity index (χ3n) is 1.92. The molecule has 0 fully saturated rings. The summed E-state index contributed by atoms with van der Waals surface area (Å²) in [6, 6.07) is 0.0738. The van der Waals surface area contributed by atoms with E-state index in [1.165, 1.54) is 0 Å². The highest BCUT2D eigenvalue weighted by Gasteiger charge is 2.25. The summed E-state index contributed by atoms with van der Waals surface area (Å²) in [4.78, 5) is 9.73. The Labute approximate surface area is 97.1 Å². The van der Waals surface area contributed by atoms with Gasteiger partial charge in [0.15, 0.2) is 0 Å². The molecule has 0 unspecified atom stereocenters. The van der Waals surface area contributed by atoms with Crippen molar-refractivity contribution < 1.29 is 18.8 Å². The molecule has 0 saturated carbocycles. The number of nitro benzene ring substituents is 1. The van der Waals surface area contributed by atoms with Crippen LogP contribution in [0.15, 0.2) is 16.6 Å². The van der Waals surface area contributed by atoms with Crippen molar-refractivity contribution in [2.45, 2.75) is 12.5 Å².